The summed E-state index contributed by atoms with van der Waals surface area (Å²) in [6, 6.07) is 18.8. The molecule has 4 heteroatoms. The largest absolute Gasteiger partial charge is 0.378 e. The van der Waals surface area contributed by atoms with Crippen LogP contribution in [-0.2, 0) is 0 Å². The van der Waals surface area contributed by atoms with E-state index in [2.05, 4.69) is 39.8 Å². The Morgan fingerprint density at radius 1 is 1.07 bits per heavy atom. The molecule has 1 aromatic heterocycles. The van der Waals surface area contributed by atoms with Gasteiger partial charge < -0.3 is 9.47 Å². The first kappa shape index (κ1) is 18.5. The van der Waals surface area contributed by atoms with E-state index in [1.807, 2.05) is 34.0 Å². The third-order valence-corrected chi connectivity index (χ3v) is 4.68. The molecule has 27 heavy (non-hydrogen) atoms. The molecule has 0 atom stereocenters. The Labute approximate surface area is 159 Å². The highest BCUT2D eigenvalue weighted by Crippen LogP contribution is 2.27. The minimum atomic E-state index is -0.390. The second kappa shape index (κ2) is 7.51. The van der Waals surface area contributed by atoms with Gasteiger partial charge in [-0.1, -0.05) is 18.2 Å². The van der Waals surface area contributed by atoms with Crippen molar-refractivity contribution in [3.05, 3.63) is 82.9 Å². The third-order valence-electron chi connectivity index (χ3n) is 4.68. The second-order valence-corrected chi connectivity index (χ2v) is 6.72. The first-order valence-corrected chi connectivity index (χ1v) is 8.75. The smallest absolute Gasteiger partial charge is 0.131 e. The number of hydrogen-bond acceptors (Lipinski definition) is 2. The lowest BCUT2D eigenvalue weighted by Crippen LogP contribution is -2.08. The Hall–Kier alpha value is -3.32. The highest BCUT2D eigenvalue weighted by Gasteiger charge is 2.12. The van der Waals surface area contributed by atoms with Gasteiger partial charge in [0.2, 0.25) is 0 Å². The Morgan fingerprint density at radius 2 is 1.74 bits per heavy atom. The molecule has 1 heterocycles. The number of halogens is 1. The summed E-state index contributed by atoms with van der Waals surface area (Å²) in [5.41, 5.74) is 5.80. The summed E-state index contributed by atoms with van der Waals surface area (Å²) >= 11 is 0. The van der Waals surface area contributed by atoms with Crippen molar-refractivity contribution in [3.8, 4) is 11.8 Å². The fourth-order valence-corrected chi connectivity index (χ4v) is 3.24. The maximum absolute atomic E-state index is 14.1. The third kappa shape index (κ3) is 3.63. The van der Waals surface area contributed by atoms with Crippen LogP contribution in [0.25, 0.3) is 17.3 Å². The lowest BCUT2D eigenvalue weighted by atomic mass is 10.0. The van der Waals surface area contributed by atoms with Gasteiger partial charge in [0, 0.05) is 42.4 Å². The van der Waals surface area contributed by atoms with Crippen LogP contribution in [-0.4, -0.2) is 18.7 Å². The van der Waals surface area contributed by atoms with E-state index < -0.39 is 5.82 Å². The van der Waals surface area contributed by atoms with Crippen molar-refractivity contribution in [1.82, 2.24) is 4.57 Å². The molecule has 0 amide bonds. The molecule has 0 unspecified atom stereocenters. The average Bonchev–Trinajstić information content (AvgIpc) is 2.93. The maximum Gasteiger partial charge on any atom is 0.131 e. The maximum atomic E-state index is 14.1. The number of nitrogens with zero attached hydrogens (tertiary/aromatic N) is 3. The van der Waals surface area contributed by atoms with Gasteiger partial charge in [-0.15, -0.1) is 0 Å². The highest BCUT2D eigenvalue weighted by atomic mass is 19.1. The second-order valence-electron chi connectivity index (χ2n) is 6.72. The van der Waals surface area contributed by atoms with E-state index in [4.69, 9.17) is 0 Å². The van der Waals surface area contributed by atoms with Gasteiger partial charge in [0.05, 0.1) is 11.6 Å². The van der Waals surface area contributed by atoms with Crippen LogP contribution in [0.4, 0.5) is 10.1 Å². The lowest BCUT2D eigenvalue weighted by Gasteiger charge is -2.15. The van der Waals surface area contributed by atoms with Crippen molar-refractivity contribution in [1.29, 1.82) is 5.26 Å². The molecule has 0 radical (unpaired) electrons. The van der Waals surface area contributed by atoms with E-state index in [1.54, 1.807) is 24.3 Å². The standard InChI is InChI=1S/C23H22FN3/c1-16-13-18(14-19(15-25)22-7-5-6-8-23(22)24)17(2)27(16)21-11-9-20(10-12-21)26(3)4/h5-14H,1-4H3. The van der Waals surface area contributed by atoms with Crippen molar-refractivity contribution < 1.29 is 4.39 Å². The summed E-state index contributed by atoms with van der Waals surface area (Å²) < 4.78 is 16.2. The number of anilines is 1. The fraction of sp³-hybridized carbons (Fsp3) is 0.174. The van der Waals surface area contributed by atoms with E-state index in [0.29, 0.717) is 11.1 Å². The van der Waals surface area contributed by atoms with Crippen LogP contribution in [0.15, 0.2) is 54.6 Å². The number of rotatable bonds is 4. The van der Waals surface area contributed by atoms with Crippen LogP contribution < -0.4 is 4.90 Å². The van der Waals surface area contributed by atoms with E-state index in [-0.39, 0.29) is 0 Å². The van der Waals surface area contributed by atoms with Gasteiger partial charge in [0.15, 0.2) is 0 Å². The van der Waals surface area contributed by atoms with Gasteiger partial charge in [-0.25, -0.2) is 4.39 Å². The van der Waals surface area contributed by atoms with E-state index in [9.17, 15) is 9.65 Å². The summed E-state index contributed by atoms with van der Waals surface area (Å²) in [5, 5.41) is 9.54. The molecule has 0 N–H and O–H groups in total. The molecule has 0 bridgehead atoms. The molecular weight excluding hydrogens is 337 g/mol. The first-order valence-electron chi connectivity index (χ1n) is 8.75. The molecule has 0 saturated carbocycles. The minimum absolute atomic E-state index is 0.316. The van der Waals surface area contributed by atoms with Crippen LogP contribution in [0.5, 0.6) is 0 Å². The predicted octanol–water partition coefficient (Wildman–Crippen LogP) is 5.36. The zero-order chi connectivity index (χ0) is 19.6. The SMILES string of the molecule is Cc1cc(C=C(C#N)c2ccccc2F)c(C)n1-c1ccc(N(C)C)cc1. The molecule has 0 spiro atoms. The number of nitriles is 1. The van der Waals surface area contributed by atoms with Gasteiger partial charge in [0.25, 0.3) is 0 Å². The first-order chi connectivity index (χ1) is 12.9. The summed E-state index contributed by atoms with van der Waals surface area (Å²) in [6.07, 6.45) is 1.76. The zero-order valence-corrected chi connectivity index (χ0v) is 16.0. The van der Waals surface area contributed by atoms with Crippen molar-refractivity contribution >= 4 is 17.3 Å². The molecule has 3 nitrogen and oxygen atoms in total. The van der Waals surface area contributed by atoms with Gasteiger partial charge in [-0.3, -0.25) is 0 Å². The summed E-state index contributed by atoms with van der Waals surface area (Å²) in [6.45, 7) is 4.04. The molecule has 0 aliphatic heterocycles. The number of aromatic nitrogens is 1. The number of allylic oxidation sites excluding steroid dienone is 1. The summed E-state index contributed by atoms with van der Waals surface area (Å²) in [4.78, 5) is 2.06. The fourth-order valence-electron chi connectivity index (χ4n) is 3.24. The average molecular weight is 359 g/mol. The Balaban J connectivity index is 2.05. The summed E-state index contributed by atoms with van der Waals surface area (Å²) in [5.74, 6) is -0.390. The highest BCUT2D eigenvalue weighted by molar-refractivity contribution is 5.90. The van der Waals surface area contributed by atoms with Crippen LogP contribution in [0, 0.1) is 31.0 Å². The van der Waals surface area contributed by atoms with Crippen molar-refractivity contribution in [2.45, 2.75) is 13.8 Å². The Kier molecular flexibility index (Phi) is 5.14. The van der Waals surface area contributed by atoms with Crippen LogP contribution in [0.1, 0.15) is 22.5 Å². The molecule has 0 aliphatic carbocycles. The molecule has 3 aromatic rings. The number of hydrogen-bond donors (Lipinski definition) is 0. The molecule has 0 saturated heterocycles. The van der Waals surface area contributed by atoms with Crippen LogP contribution >= 0.6 is 0 Å². The van der Waals surface area contributed by atoms with Gasteiger partial charge >= 0.3 is 0 Å². The molecule has 2 aromatic carbocycles. The number of benzene rings is 2. The topological polar surface area (TPSA) is 32.0 Å². The lowest BCUT2D eigenvalue weighted by molar-refractivity contribution is 0.624. The molecular formula is C23H22FN3. The Bertz CT molecular complexity index is 1030. The molecule has 0 aliphatic rings. The monoisotopic (exact) mass is 359 g/mol. The molecule has 0 fully saturated rings. The quantitative estimate of drug-likeness (QED) is 0.587. The predicted molar refractivity (Wildman–Crippen MR) is 109 cm³/mol. The zero-order valence-electron chi connectivity index (χ0n) is 16.0. The van der Waals surface area contributed by atoms with Gasteiger partial charge in [0.1, 0.15) is 5.82 Å². The Morgan fingerprint density at radius 3 is 2.33 bits per heavy atom. The number of aryl methyl sites for hydroxylation is 1. The normalized spacial score (nSPS) is 11.3. The van der Waals surface area contributed by atoms with Crippen molar-refractivity contribution in [2.75, 3.05) is 19.0 Å². The van der Waals surface area contributed by atoms with Gasteiger partial charge in [-0.2, -0.15) is 5.26 Å². The van der Waals surface area contributed by atoms with E-state index in [0.717, 1.165) is 28.3 Å². The van der Waals surface area contributed by atoms with E-state index in [1.165, 1.54) is 6.07 Å². The van der Waals surface area contributed by atoms with Gasteiger partial charge in [-0.05, 0) is 61.9 Å². The minimum Gasteiger partial charge on any atom is -0.378 e. The van der Waals surface area contributed by atoms with Crippen LogP contribution in [0.2, 0.25) is 0 Å². The van der Waals surface area contributed by atoms with Crippen molar-refractivity contribution in [3.63, 3.8) is 0 Å². The molecule has 3 rings (SSSR count). The summed E-state index contributed by atoms with van der Waals surface area (Å²) in [7, 11) is 4.02. The van der Waals surface area contributed by atoms with Crippen LogP contribution in [0.3, 0.4) is 0 Å². The van der Waals surface area contributed by atoms with E-state index >= 15 is 0 Å². The molecule has 136 valence electrons. The van der Waals surface area contributed by atoms with Crippen molar-refractivity contribution in [2.24, 2.45) is 0 Å².